The summed E-state index contributed by atoms with van der Waals surface area (Å²) in [5, 5.41) is 4.67. The highest BCUT2D eigenvalue weighted by molar-refractivity contribution is 6.63. The van der Waals surface area contributed by atoms with Crippen molar-refractivity contribution < 1.29 is 9.31 Å². The minimum atomic E-state index is -0.291. The molecule has 19 heavy (non-hydrogen) atoms. The molecule has 2 heterocycles. The molecule has 0 radical (unpaired) electrons. The maximum Gasteiger partial charge on any atom is 0.498 e. The average molecular weight is 262 g/mol. The van der Waals surface area contributed by atoms with Gasteiger partial charge in [0.15, 0.2) is 0 Å². The van der Waals surface area contributed by atoms with E-state index in [-0.39, 0.29) is 18.3 Å². The van der Waals surface area contributed by atoms with Crippen LogP contribution >= 0.6 is 0 Å². The largest absolute Gasteiger partial charge is 0.498 e. The van der Waals surface area contributed by atoms with E-state index in [2.05, 4.69) is 39.7 Å². The maximum absolute atomic E-state index is 6.19. The Morgan fingerprint density at radius 2 is 1.68 bits per heavy atom. The van der Waals surface area contributed by atoms with Crippen LogP contribution < -0.4 is 5.46 Å². The fourth-order valence-electron chi connectivity index (χ4n) is 2.56. The van der Waals surface area contributed by atoms with Crippen molar-refractivity contribution in [1.29, 1.82) is 0 Å². The molecule has 0 bridgehead atoms. The fraction of sp³-hybridized carbons (Fsp3) is 0.786. The predicted molar refractivity (Wildman–Crippen MR) is 75.6 cm³/mol. The van der Waals surface area contributed by atoms with Gasteiger partial charge < -0.3 is 9.31 Å². The summed E-state index contributed by atoms with van der Waals surface area (Å²) in [4.78, 5) is 0. The summed E-state index contributed by atoms with van der Waals surface area (Å²) in [5.41, 5.74) is 2.91. The van der Waals surface area contributed by atoms with Crippen molar-refractivity contribution in [2.45, 2.75) is 64.6 Å². The lowest BCUT2D eigenvalue weighted by atomic mass is 9.76. The molecule has 1 saturated carbocycles. The van der Waals surface area contributed by atoms with Crippen LogP contribution in [0.15, 0.2) is 0 Å². The van der Waals surface area contributed by atoms with E-state index in [1.807, 2.05) is 11.7 Å². The summed E-state index contributed by atoms with van der Waals surface area (Å²) >= 11 is 0. The Bertz CT molecular complexity index is 502. The van der Waals surface area contributed by atoms with E-state index in [0.717, 1.165) is 11.2 Å². The van der Waals surface area contributed by atoms with Crippen LogP contribution in [0.2, 0.25) is 0 Å². The smallest absolute Gasteiger partial charge is 0.399 e. The zero-order valence-electron chi connectivity index (χ0n) is 12.8. The summed E-state index contributed by atoms with van der Waals surface area (Å²) in [6.07, 6.45) is 2.48. The van der Waals surface area contributed by atoms with Crippen LogP contribution in [-0.4, -0.2) is 28.1 Å². The van der Waals surface area contributed by atoms with Crippen LogP contribution in [0.5, 0.6) is 0 Å². The van der Waals surface area contributed by atoms with Gasteiger partial charge in [0.1, 0.15) is 0 Å². The van der Waals surface area contributed by atoms with E-state index in [0.29, 0.717) is 5.92 Å². The molecular weight excluding hydrogens is 239 g/mol. The molecular formula is C14H23BN2O2. The number of hydrogen-bond donors (Lipinski definition) is 0. The molecule has 104 valence electrons. The van der Waals surface area contributed by atoms with Gasteiger partial charge in [0.25, 0.3) is 0 Å². The molecule has 4 nitrogen and oxygen atoms in total. The lowest BCUT2D eigenvalue weighted by Crippen LogP contribution is -2.41. The molecule has 5 heteroatoms. The SMILES string of the molecule is Cc1c(B2OC(C)(C)C(C)(C)O2)c(C2CC2)nn1C. The summed E-state index contributed by atoms with van der Waals surface area (Å²) in [7, 11) is 1.71. The third-order valence-electron chi connectivity index (χ3n) is 4.86. The van der Waals surface area contributed by atoms with E-state index in [1.165, 1.54) is 18.5 Å². The first-order valence-corrected chi connectivity index (χ1v) is 7.12. The lowest BCUT2D eigenvalue weighted by Gasteiger charge is -2.32. The van der Waals surface area contributed by atoms with Crippen LogP contribution in [0.1, 0.15) is 57.8 Å². The van der Waals surface area contributed by atoms with Gasteiger partial charge in [0.05, 0.1) is 16.9 Å². The Labute approximate surface area is 115 Å². The molecule has 0 spiro atoms. The monoisotopic (exact) mass is 262 g/mol. The molecule has 1 aromatic rings. The van der Waals surface area contributed by atoms with E-state index in [9.17, 15) is 0 Å². The molecule has 1 saturated heterocycles. The first-order valence-electron chi connectivity index (χ1n) is 7.12. The highest BCUT2D eigenvalue weighted by Crippen LogP contribution is 2.41. The van der Waals surface area contributed by atoms with Gasteiger partial charge in [-0.3, -0.25) is 4.68 Å². The maximum atomic E-state index is 6.19. The molecule has 0 N–H and O–H groups in total. The predicted octanol–water partition coefficient (Wildman–Crippen LogP) is 1.91. The summed E-state index contributed by atoms with van der Waals surface area (Å²) < 4.78 is 14.3. The van der Waals surface area contributed by atoms with Gasteiger partial charge in [-0.1, -0.05) is 0 Å². The first kappa shape index (κ1) is 13.2. The van der Waals surface area contributed by atoms with E-state index in [4.69, 9.17) is 9.31 Å². The third-order valence-corrected chi connectivity index (χ3v) is 4.86. The highest BCUT2D eigenvalue weighted by atomic mass is 16.7. The number of aryl methyl sites for hydroxylation is 1. The molecule has 1 aliphatic carbocycles. The van der Waals surface area contributed by atoms with Gasteiger partial charge in [0.2, 0.25) is 0 Å². The molecule has 1 aromatic heterocycles. The van der Waals surface area contributed by atoms with Crippen molar-refractivity contribution in [3.05, 3.63) is 11.4 Å². The quantitative estimate of drug-likeness (QED) is 0.764. The normalized spacial score (nSPS) is 25.1. The number of hydrogen-bond acceptors (Lipinski definition) is 3. The molecule has 1 aliphatic heterocycles. The van der Waals surface area contributed by atoms with Crippen LogP contribution in [0.25, 0.3) is 0 Å². The number of rotatable bonds is 2. The summed E-state index contributed by atoms with van der Waals surface area (Å²) in [6.45, 7) is 10.5. The number of aromatic nitrogens is 2. The van der Waals surface area contributed by atoms with Crippen molar-refractivity contribution in [3.8, 4) is 0 Å². The van der Waals surface area contributed by atoms with E-state index < -0.39 is 0 Å². The van der Waals surface area contributed by atoms with Crippen LogP contribution in [0.4, 0.5) is 0 Å². The Morgan fingerprint density at radius 3 is 2.16 bits per heavy atom. The van der Waals surface area contributed by atoms with Crippen molar-refractivity contribution in [3.63, 3.8) is 0 Å². The van der Waals surface area contributed by atoms with Gasteiger partial charge in [-0.25, -0.2) is 0 Å². The Hall–Kier alpha value is -0.805. The van der Waals surface area contributed by atoms with E-state index >= 15 is 0 Å². The van der Waals surface area contributed by atoms with Crippen molar-refractivity contribution in [1.82, 2.24) is 9.78 Å². The zero-order valence-corrected chi connectivity index (χ0v) is 12.8. The average Bonchev–Trinajstić information content (AvgIpc) is 3.01. The Kier molecular flexibility index (Phi) is 2.68. The van der Waals surface area contributed by atoms with Crippen molar-refractivity contribution in [2.75, 3.05) is 0 Å². The van der Waals surface area contributed by atoms with Gasteiger partial charge in [-0.15, -0.1) is 0 Å². The van der Waals surface area contributed by atoms with Crippen LogP contribution in [-0.2, 0) is 16.4 Å². The van der Waals surface area contributed by atoms with Gasteiger partial charge in [-0.05, 0) is 47.5 Å². The third kappa shape index (κ3) is 1.94. The van der Waals surface area contributed by atoms with Gasteiger partial charge in [0, 0.05) is 24.1 Å². The molecule has 3 rings (SSSR count). The second kappa shape index (κ2) is 3.86. The van der Waals surface area contributed by atoms with Crippen molar-refractivity contribution in [2.24, 2.45) is 7.05 Å². The topological polar surface area (TPSA) is 36.3 Å². The molecule has 0 amide bonds. The summed E-state index contributed by atoms with van der Waals surface area (Å²) in [5.74, 6) is 0.605. The highest BCUT2D eigenvalue weighted by Gasteiger charge is 2.54. The minimum absolute atomic E-state index is 0.283. The molecule has 0 atom stereocenters. The van der Waals surface area contributed by atoms with Crippen LogP contribution in [0.3, 0.4) is 0 Å². The Balaban J connectivity index is 2.00. The molecule has 0 aromatic carbocycles. The van der Waals surface area contributed by atoms with E-state index in [1.54, 1.807) is 0 Å². The number of nitrogens with zero attached hydrogens (tertiary/aromatic N) is 2. The van der Waals surface area contributed by atoms with Gasteiger partial charge >= 0.3 is 7.12 Å². The summed E-state index contributed by atoms with van der Waals surface area (Å²) in [6, 6.07) is 0. The van der Waals surface area contributed by atoms with Crippen molar-refractivity contribution >= 4 is 12.6 Å². The fourth-order valence-corrected chi connectivity index (χ4v) is 2.56. The standard InChI is InChI=1S/C14H23BN2O2/c1-9-11(12(10-7-8-10)16-17(9)6)15-18-13(2,3)14(4,5)19-15/h10H,7-8H2,1-6H3. The van der Waals surface area contributed by atoms with Crippen LogP contribution in [0, 0.1) is 6.92 Å². The first-order chi connectivity index (χ1) is 8.73. The zero-order chi connectivity index (χ0) is 14.0. The molecule has 0 unspecified atom stereocenters. The molecule has 2 fully saturated rings. The van der Waals surface area contributed by atoms with Gasteiger partial charge in [-0.2, -0.15) is 5.10 Å². The molecule has 2 aliphatic rings. The minimum Gasteiger partial charge on any atom is -0.399 e. The lowest BCUT2D eigenvalue weighted by molar-refractivity contribution is 0.00578. The second-order valence-corrected chi connectivity index (χ2v) is 6.87. The Morgan fingerprint density at radius 1 is 1.16 bits per heavy atom. The second-order valence-electron chi connectivity index (χ2n) is 6.87.